The maximum absolute atomic E-state index is 11.8. The molecule has 0 aromatic heterocycles. The third-order valence-corrected chi connectivity index (χ3v) is 4.02. The van der Waals surface area contributed by atoms with Crippen molar-refractivity contribution in [1.29, 1.82) is 0 Å². The van der Waals surface area contributed by atoms with Crippen molar-refractivity contribution in [3.63, 3.8) is 0 Å². The van der Waals surface area contributed by atoms with Crippen molar-refractivity contribution in [3.8, 4) is 0 Å². The van der Waals surface area contributed by atoms with Crippen LogP contribution in [0.1, 0.15) is 57.5 Å². The van der Waals surface area contributed by atoms with E-state index in [-0.39, 0.29) is 11.8 Å². The van der Waals surface area contributed by atoms with Crippen LogP contribution in [0.25, 0.3) is 0 Å². The minimum atomic E-state index is -0.172. The average Bonchev–Trinajstić information content (AvgIpc) is 2.52. The molecule has 0 N–H and O–H groups in total. The smallest absolute Gasteiger partial charge is 0.261 e. The maximum Gasteiger partial charge on any atom is 0.261 e. The topological polar surface area (TPSA) is 37.4 Å². The third kappa shape index (κ3) is 0.889. The van der Waals surface area contributed by atoms with Crippen LogP contribution in [0, 0.1) is 0 Å². The molecule has 2 unspecified atom stereocenters. The van der Waals surface area contributed by atoms with Gasteiger partial charge in [0, 0.05) is 7.05 Å². The van der Waals surface area contributed by atoms with Crippen molar-refractivity contribution < 1.29 is 9.59 Å². The fourth-order valence-electron chi connectivity index (χ4n) is 2.67. The lowest BCUT2D eigenvalue weighted by Gasteiger charge is -2.35. The van der Waals surface area contributed by atoms with Gasteiger partial charge in [0.25, 0.3) is 11.8 Å². The molecular formula is C13H13NO2. The molecule has 1 aliphatic carbocycles. The summed E-state index contributed by atoms with van der Waals surface area (Å²) in [6.07, 6.45) is 0. The molecule has 2 aliphatic rings. The number of carbonyl (C=O) groups is 2. The minimum absolute atomic E-state index is 0.172. The average molecular weight is 215 g/mol. The van der Waals surface area contributed by atoms with Crippen LogP contribution in [0.15, 0.2) is 12.1 Å². The molecule has 0 saturated heterocycles. The Hall–Kier alpha value is -1.64. The second-order valence-corrected chi connectivity index (χ2v) is 4.77. The Bertz CT molecular complexity index is 486. The molecule has 0 fully saturated rings. The molecule has 1 aliphatic heterocycles. The second kappa shape index (κ2) is 2.73. The zero-order chi connectivity index (χ0) is 11.6. The normalized spacial score (nSPS) is 26.6. The van der Waals surface area contributed by atoms with Crippen LogP contribution in [0.2, 0.25) is 0 Å². The fraction of sp³-hybridized carbons (Fsp3) is 0.385. The number of imide groups is 1. The Morgan fingerprint density at radius 3 is 1.69 bits per heavy atom. The summed E-state index contributed by atoms with van der Waals surface area (Å²) < 4.78 is 0. The van der Waals surface area contributed by atoms with Gasteiger partial charge in [-0.3, -0.25) is 14.5 Å². The van der Waals surface area contributed by atoms with Crippen LogP contribution in [-0.2, 0) is 0 Å². The van der Waals surface area contributed by atoms with E-state index in [0.29, 0.717) is 23.0 Å². The molecule has 3 rings (SSSR count). The third-order valence-electron chi connectivity index (χ3n) is 4.02. The maximum atomic E-state index is 11.8. The second-order valence-electron chi connectivity index (χ2n) is 4.77. The Morgan fingerprint density at radius 2 is 1.31 bits per heavy atom. The molecule has 1 aromatic carbocycles. The lowest BCUT2D eigenvalue weighted by Crippen LogP contribution is -2.24. The van der Waals surface area contributed by atoms with Gasteiger partial charge in [0.2, 0.25) is 0 Å². The zero-order valence-corrected chi connectivity index (χ0v) is 9.57. The van der Waals surface area contributed by atoms with E-state index in [4.69, 9.17) is 0 Å². The van der Waals surface area contributed by atoms with E-state index < -0.39 is 0 Å². The van der Waals surface area contributed by atoms with Gasteiger partial charge < -0.3 is 0 Å². The molecule has 3 nitrogen and oxygen atoms in total. The van der Waals surface area contributed by atoms with Crippen LogP contribution < -0.4 is 0 Å². The molecule has 82 valence electrons. The molecule has 1 heterocycles. The van der Waals surface area contributed by atoms with Crippen LogP contribution >= 0.6 is 0 Å². The summed E-state index contributed by atoms with van der Waals surface area (Å²) in [5, 5.41) is 0. The van der Waals surface area contributed by atoms with E-state index in [1.807, 2.05) is 12.1 Å². The van der Waals surface area contributed by atoms with E-state index in [1.54, 1.807) is 0 Å². The largest absolute Gasteiger partial charge is 0.277 e. The Balaban J connectivity index is 2.23. The zero-order valence-electron chi connectivity index (χ0n) is 9.57. The number of carbonyl (C=O) groups excluding carboxylic acids is 2. The van der Waals surface area contributed by atoms with Crippen molar-refractivity contribution >= 4 is 11.8 Å². The predicted octanol–water partition coefficient (Wildman–Crippen LogP) is 2.13. The number of nitrogens with zero attached hydrogens (tertiary/aromatic N) is 1. The quantitative estimate of drug-likeness (QED) is 0.622. The lowest BCUT2D eigenvalue weighted by molar-refractivity contribution is 0.0693. The standard InChI is InChI=1S/C13H13NO2/c1-6-7(2)9-5-11-10(4-8(6)9)12(15)14(3)13(11)16/h4-7H,1-3H3. The van der Waals surface area contributed by atoms with Gasteiger partial charge in [-0.15, -0.1) is 0 Å². The number of hydrogen-bond acceptors (Lipinski definition) is 2. The summed E-state index contributed by atoms with van der Waals surface area (Å²) >= 11 is 0. The van der Waals surface area contributed by atoms with Crippen molar-refractivity contribution in [2.75, 3.05) is 7.05 Å². The van der Waals surface area contributed by atoms with Crippen molar-refractivity contribution in [3.05, 3.63) is 34.4 Å². The van der Waals surface area contributed by atoms with Gasteiger partial charge in [-0.05, 0) is 35.1 Å². The Labute approximate surface area is 94.1 Å². The summed E-state index contributed by atoms with van der Waals surface area (Å²) in [5.41, 5.74) is 3.60. The van der Waals surface area contributed by atoms with Crippen LogP contribution in [0.5, 0.6) is 0 Å². The van der Waals surface area contributed by atoms with Gasteiger partial charge in [0.05, 0.1) is 11.1 Å². The lowest BCUT2D eigenvalue weighted by atomic mass is 9.69. The summed E-state index contributed by atoms with van der Waals surface area (Å²) in [5.74, 6) is 0.646. The van der Waals surface area contributed by atoms with Gasteiger partial charge >= 0.3 is 0 Å². The SMILES string of the molecule is CC1c2cc3c(cc2C1C)C(=O)N(C)C3=O. The molecule has 0 bridgehead atoms. The van der Waals surface area contributed by atoms with Crippen LogP contribution in [0.4, 0.5) is 0 Å². The van der Waals surface area contributed by atoms with Gasteiger partial charge in [-0.25, -0.2) is 0 Å². The summed E-state index contributed by atoms with van der Waals surface area (Å²) in [7, 11) is 1.54. The first kappa shape index (κ1) is 9.58. The van der Waals surface area contributed by atoms with Crippen molar-refractivity contribution in [2.24, 2.45) is 0 Å². The molecule has 2 atom stereocenters. The van der Waals surface area contributed by atoms with Gasteiger partial charge in [0.15, 0.2) is 0 Å². The van der Waals surface area contributed by atoms with E-state index >= 15 is 0 Å². The molecule has 0 spiro atoms. The van der Waals surface area contributed by atoms with E-state index in [2.05, 4.69) is 13.8 Å². The number of amides is 2. The molecule has 3 heteroatoms. The highest BCUT2D eigenvalue weighted by Gasteiger charge is 2.38. The van der Waals surface area contributed by atoms with E-state index in [0.717, 1.165) is 0 Å². The first-order chi connectivity index (χ1) is 7.52. The molecule has 0 saturated carbocycles. The molecule has 2 amide bonds. The highest BCUT2D eigenvalue weighted by molar-refractivity contribution is 6.21. The molecule has 0 radical (unpaired) electrons. The van der Waals surface area contributed by atoms with Crippen LogP contribution in [0.3, 0.4) is 0 Å². The molecule has 1 aromatic rings. The first-order valence-electron chi connectivity index (χ1n) is 5.52. The number of hydrogen-bond donors (Lipinski definition) is 0. The summed E-state index contributed by atoms with van der Waals surface area (Å²) in [4.78, 5) is 24.8. The number of rotatable bonds is 0. The highest BCUT2D eigenvalue weighted by Crippen LogP contribution is 2.47. The van der Waals surface area contributed by atoms with Gasteiger partial charge in [-0.2, -0.15) is 0 Å². The number of fused-ring (bicyclic) bond motifs is 2. The molecular weight excluding hydrogens is 202 g/mol. The van der Waals surface area contributed by atoms with Crippen LogP contribution in [-0.4, -0.2) is 23.8 Å². The number of benzene rings is 1. The fourth-order valence-corrected chi connectivity index (χ4v) is 2.67. The van der Waals surface area contributed by atoms with E-state index in [1.165, 1.54) is 23.1 Å². The van der Waals surface area contributed by atoms with Crippen molar-refractivity contribution in [1.82, 2.24) is 4.90 Å². The Morgan fingerprint density at radius 1 is 0.938 bits per heavy atom. The summed E-state index contributed by atoms with van der Waals surface area (Å²) in [6.45, 7) is 4.31. The predicted molar refractivity (Wildman–Crippen MR) is 59.7 cm³/mol. The Kier molecular flexibility index (Phi) is 1.63. The summed E-state index contributed by atoms with van der Waals surface area (Å²) in [6, 6.07) is 3.80. The monoisotopic (exact) mass is 215 g/mol. The highest BCUT2D eigenvalue weighted by atomic mass is 16.2. The van der Waals surface area contributed by atoms with Gasteiger partial charge in [-0.1, -0.05) is 13.8 Å². The van der Waals surface area contributed by atoms with Crippen molar-refractivity contribution in [2.45, 2.75) is 25.7 Å². The first-order valence-corrected chi connectivity index (χ1v) is 5.52. The van der Waals surface area contributed by atoms with Gasteiger partial charge in [0.1, 0.15) is 0 Å². The minimum Gasteiger partial charge on any atom is -0.277 e. The molecule has 16 heavy (non-hydrogen) atoms. The van der Waals surface area contributed by atoms with E-state index in [9.17, 15) is 9.59 Å².